The molecule has 132 valence electrons. The summed E-state index contributed by atoms with van der Waals surface area (Å²) in [4.78, 5) is 25.2. The van der Waals surface area contributed by atoms with Gasteiger partial charge in [-0.3, -0.25) is 14.9 Å². The Balaban J connectivity index is 1.87. The van der Waals surface area contributed by atoms with Crippen molar-refractivity contribution in [3.8, 4) is 0 Å². The van der Waals surface area contributed by atoms with E-state index in [1.165, 1.54) is 12.1 Å². The average Bonchev–Trinajstić information content (AvgIpc) is 3.10. The second-order valence-electron chi connectivity index (χ2n) is 5.08. The number of ketones is 1. The summed E-state index contributed by atoms with van der Waals surface area (Å²) in [7, 11) is 0. The van der Waals surface area contributed by atoms with Crippen LogP contribution in [-0.4, -0.2) is 21.9 Å². The van der Waals surface area contributed by atoms with Gasteiger partial charge in [0.25, 0.3) is 12.3 Å². The van der Waals surface area contributed by atoms with Crippen molar-refractivity contribution >= 4 is 39.8 Å². The molecule has 3 rings (SSSR count). The number of aromatic nitrogens is 2. The predicted octanol–water partition coefficient (Wildman–Crippen LogP) is 4.61. The standard InChI is InChI=1S/C17H10ClF2N3O2S/c18-10-7-5-9(6-8-10)13(24)11-3-1-2-4-12(11)15(25)21-17-23-22-16(26-17)14(19)20/h1-8,14H,(H,21,23,25). The molecule has 2 aromatic carbocycles. The predicted molar refractivity (Wildman–Crippen MR) is 94.1 cm³/mol. The van der Waals surface area contributed by atoms with Crippen molar-refractivity contribution in [3.05, 3.63) is 75.3 Å². The third-order valence-electron chi connectivity index (χ3n) is 3.37. The van der Waals surface area contributed by atoms with Gasteiger partial charge < -0.3 is 0 Å². The van der Waals surface area contributed by atoms with Gasteiger partial charge in [0.15, 0.2) is 10.8 Å². The highest BCUT2D eigenvalue weighted by molar-refractivity contribution is 7.15. The number of rotatable bonds is 5. The van der Waals surface area contributed by atoms with Crippen molar-refractivity contribution in [1.82, 2.24) is 10.2 Å². The van der Waals surface area contributed by atoms with Crippen LogP contribution >= 0.6 is 22.9 Å². The van der Waals surface area contributed by atoms with E-state index in [9.17, 15) is 18.4 Å². The van der Waals surface area contributed by atoms with Gasteiger partial charge in [0.05, 0.1) is 5.56 Å². The molecule has 0 aliphatic heterocycles. The monoisotopic (exact) mass is 393 g/mol. The number of carbonyl (C=O) groups is 2. The minimum atomic E-state index is -2.77. The van der Waals surface area contributed by atoms with Gasteiger partial charge in [0, 0.05) is 16.1 Å². The highest BCUT2D eigenvalue weighted by Crippen LogP contribution is 2.26. The van der Waals surface area contributed by atoms with E-state index in [-0.39, 0.29) is 22.0 Å². The molecule has 0 atom stereocenters. The van der Waals surface area contributed by atoms with Crippen molar-refractivity contribution in [2.75, 3.05) is 5.32 Å². The van der Waals surface area contributed by atoms with Crippen LogP contribution in [0.3, 0.4) is 0 Å². The summed E-state index contributed by atoms with van der Waals surface area (Å²) in [5.41, 5.74) is 0.637. The number of benzene rings is 2. The second kappa shape index (κ2) is 7.67. The molecule has 0 saturated carbocycles. The van der Waals surface area contributed by atoms with E-state index < -0.39 is 17.3 Å². The number of halogens is 3. The lowest BCUT2D eigenvalue weighted by Gasteiger charge is -2.08. The fourth-order valence-corrected chi connectivity index (χ4v) is 2.89. The van der Waals surface area contributed by atoms with Gasteiger partial charge >= 0.3 is 0 Å². The largest absolute Gasteiger partial charge is 0.296 e. The lowest BCUT2D eigenvalue weighted by molar-refractivity contribution is 0.0996. The van der Waals surface area contributed by atoms with Crippen molar-refractivity contribution < 1.29 is 18.4 Å². The zero-order valence-corrected chi connectivity index (χ0v) is 14.5. The van der Waals surface area contributed by atoms with Crippen LogP contribution in [0, 0.1) is 0 Å². The van der Waals surface area contributed by atoms with Gasteiger partial charge in [0.2, 0.25) is 5.13 Å². The van der Waals surface area contributed by atoms with Crippen LogP contribution in [0.5, 0.6) is 0 Å². The van der Waals surface area contributed by atoms with Gasteiger partial charge in [-0.25, -0.2) is 8.78 Å². The molecule has 0 unspecified atom stereocenters. The Kier molecular flexibility index (Phi) is 5.34. The first-order valence-electron chi connectivity index (χ1n) is 7.28. The normalized spacial score (nSPS) is 10.8. The van der Waals surface area contributed by atoms with Crippen LogP contribution in [0.25, 0.3) is 0 Å². The summed E-state index contributed by atoms with van der Waals surface area (Å²) >= 11 is 6.39. The minimum Gasteiger partial charge on any atom is -0.296 e. The molecule has 0 spiro atoms. The first-order chi connectivity index (χ1) is 12.5. The number of nitrogens with zero attached hydrogens (tertiary/aromatic N) is 2. The molecule has 0 bridgehead atoms. The first-order valence-corrected chi connectivity index (χ1v) is 8.47. The summed E-state index contributed by atoms with van der Waals surface area (Å²) < 4.78 is 25.1. The number of amides is 1. The van der Waals surface area contributed by atoms with E-state index >= 15 is 0 Å². The van der Waals surface area contributed by atoms with Crippen LogP contribution in [0.15, 0.2) is 48.5 Å². The van der Waals surface area contributed by atoms with E-state index in [1.807, 2.05) is 0 Å². The van der Waals surface area contributed by atoms with Crippen LogP contribution in [0.4, 0.5) is 13.9 Å². The molecule has 0 fully saturated rings. The number of hydrogen-bond acceptors (Lipinski definition) is 5. The third-order valence-corrected chi connectivity index (χ3v) is 4.47. The van der Waals surface area contributed by atoms with E-state index in [1.54, 1.807) is 36.4 Å². The van der Waals surface area contributed by atoms with Gasteiger partial charge in [-0.2, -0.15) is 0 Å². The Bertz CT molecular complexity index is 961. The number of carbonyl (C=O) groups excluding carboxylic acids is 2. The molecule has 0 aliphatic rings. The lowest BCUT2D eigenvalue weighted by Crippen LogP contribution is -2.16. The molecule has 0 radical (unpaired) electrons. The third kappa shape index (κ3) is 3.92. The number of hydrogen-bond donors (Lipinski definition) is 1. The molecule has 1 heterocycles. The topological polar surface area (TPSA) is 72.0 Å². The summed E-state index contributed by atoms with van der Waals surface area (Å²) in [6, 6.07) is 12.5. The van der Waals surface area contributed by atoms with Crippen molar-refractivity contribution in [2.45, 2.75) is 6.43 Å². The van der Waals surface area contributed by atoms with E-state index in [0.717, 1.165) is 0 Å². The fraction of sp³-hybridized carbons (Fsp3) is 0.0588. The molecular formula is C17H10ClF2N3O2S. The molecular weight excluding hydrogens is 384 g/mol. The van der Waals surface area contributed by atoms with Gasteiger partial charge in [-0.15, -0.1) is 10.2 Å². The molecule has 5 nitrogen and oxygen atoms in total. The average molecular weight is 394 g/mol. The molecule has 0 saturated heterocycles. The van der Waals surface area contributed by atoms with Gasteiger partial charge in [-0.1, -0.05) is 41.1 Å². The maximum atomic E-state index is 12.7. The van der Waals surface area contributed by atoms with Crippen LogP contribution in [0.1, 0.15) is 37.7 Å². The SMILES string of the molecule is O=C(Nc1nnc(C(F)F)s1)c1ccccc1C(=O)c1ccc(Cl)cc1. The van der Waals surface area contributed by atoms with Crippen LogP contribution in [-0.2, 0) is 0 Å². The maximum absolute atomic E-state index is 12.7. The Labute approximate surface area is 155 Å². The Morgan fingerprint density at radius 1 is 1.00 bits per heavy atom. The summed E-state index contributed by atoms with van der Waals surface area (Å²) in [5, 5.41) is 9.11. The fourth-order valence-electron chi connectivity index (χ4n) is 2.17. The van der Waals surface area contributed by atoms with Crippen molar-refractivity contribution in [2.24, 2.45) is 0 Å². The zero-order chi connectivity index (χ0) is 18.7. The van der Waals surface area contributed by atoms with E-state index in [4.69, 9.17) is 11.6 Å². The lowest BCUT2D eigenvalue weighted by atomic mass is 9.98. The summed E-state index contributed by atoms with van der Waals surface area (Å²) in [5.74, 6) is -1.00. The molecule has 9 heteroatoms. The second-order valence-corrected chi connectivity index (χ2v) is 6.53. The molecule has 1 amide bonds. The van der Waals surface area contributed by atoms with E-state index in [2.05, 4.69) is 15.5 Å². The highest BCUT2D eigenvalue weighted by Gasteiger charge is 2.20. The van der Waals surface area contributed by atoms with Gasteiger partial charge in [0.1, 0.15) is 0 Å². The highest BCUT2D eigenvalue weighted by atomic mass is 35.5. The molecule has 1 N–H and O–H groups in total. The smallest absolute Gasteiger partial charge is 0.291 e. The van der Waals surface area contributed by atoms with Crippen LogP contribution < -0.4 is 5.32 Å². The van der Waals surface area contributed by atoms with Gasteiger partial charge in [-0.05, 0) is 30.3 Å². The Morgan fingerprint density at radius 2 is 1.65 bits per heavy atom. The van der Waals surface area contributed by atoms with Crippen LogP contribution in [0.2, 0.25) is 5.02 Å². The quantitative estimate of drug-likeness (QED) is 0.642. The Morgan fingerprint density at radius 3 is 2.27 bits per heavy atom. The van der Waals surface area contributed by atoms with Crippen molar-refractivity contribution in [1.29, 1.82) is 0 Å². The minimum absolute atomic E-state index is 0.0703. The zero-order valence-electron chi connectivity index (χ0n) is 12.9. The van der Waals surface area contributed by atoms with Crippen molar-refractivity contribution in [3.63, 3.8) is 0 Å². The number of nitrogens with one attached hydrogen (secondary N) is 1. The maximum Gasteiger partial charge on any atom is 0.291 e. The molecule has 26 heavy (non-hydrogen) atoms. The Hall–Kier alpha value is -2.71. The summed E-state index contributed by atoms with van der Waals surface area (Å²) in [6.45, 7) is 0. The molecule has 0 aliphatic carbocycles. The first kappa shape index (κ1) is 18.1. The molecule has 1 aromatic heterocycles. The number of anilines is 1. The van der Waals surface area contributed by atoms with E-state index in [0.29, 0.717) is 21.9 Å². The number of alkyl halides is 2. The molecule has 3 aromatic rings. The summed E-state index contributed by atoms with van der Waals surface area (Å²) in [6.07, 6.45) is -2.77.